The maximum atomic E-state index is 10.6. The smallest absolute Gasteiger partial charge is 0.303 e. The summed E-state index contributed by atoms with van der Waals surface area (Å²) in [6.07, 6.45) is 0.645. The molecule has 94 valence electrons. The van der Waals surface area contributed by atoms with Crippen LogP contribution in [0.15, 0.2) is 30.3 Å². The Hall–Kier alpha value is -2.10. The Morgan fingerprint density at radius 1 is 1.33 bits per heavy atom. The number of aliphatic carboxylic acids is 1. The quantitative estimate of drug-likeness (QED) is 0.898. The third-order valence-electron chi connectivity index (χ3n) is 3.05. The molecule has 1 aromatic carbocycles. The fraction of sp³-hybridized carbons (Fsp3) is 0.286. The lowest BCUT2D eigenvalue weighted by atomic mass is 10.1. The molecule has 2 rings (SSSR count). The SMILES string of the molecule is Cc1c(-c2ccccc2)nn(C)c1CCC(=O)O. The van der Waals surface area contributed by atoms with Crippen LogP contribution in [0.3, 0.4) is 0 Å². The number of aromatic nitrogens is 2. The lowest BCUT2D eigenvalue weighted by Crippen LogP contribution is -2.03. The van der Waals surface area contributed by atoms with E-state index in [0.29, 0.717) is 6.42 Å². The molecule has 18 heavy (non-hydrogen) atoms. The number of rotatable bonds is 4. The van der Waals surface area contributed by atoms with Crippen molar-refractivity contribution in [1.29, 1.82) is 0 Å². The number of carboxylic acids is 1. The van der Waals surface area contributed by atoms with Gasteiger partial charge in [0.1, 0.15) is 0 Å². The van der Waals surface area contributed by atoms with Crippen molar-refractivity contribution in [3.63, 3.8) is 0 Å². The third kappa shape index (κ3) is 2.42. The van der Waals surface area contributed by atoms with Crippen LogP contribution in [0.1, 0.15) is 17.7 Å². The zero-order valence-electron chi connectivity index (χ0n) is 10.6. The summed E-state index contributed by atoms with van der Waals surface area (Å²) in [5.41, 5.74) is 4.03. The summed E-state index contributed by atoms with van der Waals surface area (Å²) >= 11 is 0. The average Bonchev–Trinajstić information content (AvgIpc) is 2.63. The molecule has 0 unspecified atom stereocenters. The Morgan fingerprint density at radius 2 is 2.00 bits per heavy atom. The normalized spacial score (nSPS) is 10.6. The topological polar surface area (TPSA) is 55.1 Å². The van der Waals surface area contributed by atoms with Gasteiger partial charge in [-0.1, -0.05) is 30.3 Å². The molecule has 0 radical (unpaired) electrons. The van der Waals surface area contributed by atoms with Gasteiger partial charge in [-0.2, -0.15) is 5.10 Å². The zero-order chi connectivity index (χ0) is 13.1. The van der Waals surface area contributed by atoms with Crippen LogP contribution in [-0.2, 0) is 18.3 Å². The molecule has 1 heterocycles. The van der Waals surface area contributed by atoms with E-state index in [4.69, 9.17) is 5.11 Å². The van der Waals surface area contributed by atoms with E-state index in [0.717, 1.165) is 22.5 Å². The van der Waals surface area contributed by atoms with E-state index in [1.165, 1.54) is 0 Å². The summed E-state index contributed by atoms with van der Waals surface area (Å²) in [6.45, 7) is 1.99. The lowest BCUT2D eigenvalue weighted by Gasteiger charge is -2.01. The first-order valence-corrected chi connectivity index (χ1v) is 5.89. The molecule has 2 aromatic rings. The maximum absolute atomic E-state index is 10.6. The number of hydrogen-bond donors (Lipinski definition) is 1. The van der Waals surface area contributed by atoms with Crippen molar-refractivity contribution >= 4 is 5.97 Å². The van der Waals surface area contributed by atoms with Gasteiger partial charge in [0.25, 0.3) is 0 Å². The van der Waals surface area contributed by atoms with E-state index in [1.807, 2.05) is 44.3 Å². The van der Waals surface area contributed by atoms with Crippen molar-refractivity contribution < 1.29 is 9.90 Å². The van der Waals surface area contributed by atoms with E-state index in [-0.39, 0.29) is 6.42 Å². The highest BCUT2D eigenvalue weighted by molar-refractivity contribution is 5.68. The van der Waals surface area contributed by atoms with Crippen LogP contribution in [0.4, 0.5) is 0 Å². The van der Waals surface area contributed by atoms with Crippen LogP contribution in [0, 0.1) is 6.92 Å². The van der Waals surface area contributed by atoms with E-state index in [2.05, 4.69) is 5.10 Å². The molecule has 0 saturated carbocycles. The molecule has 0 atom stereocenters. The Labute approximate surface area is 106 Å². The number of carbonyl (C=O) groups is 1. The Balaban J connectivity index is 2.35. The summed E-state index contributed by atoms with van der Waals surface area (Å²) < 4.78 is 1.78. The van der Waals surface area contributed by atoms with Crippen molar-refractivity contribution in [1.82, 2.24) is 9.78 Å². The first kappa shape index (κ1) is 12.4. The van der Waals surface area contributed by atoms with E-state index in [1.54, 1.807) is 4.68 Å². The summed E-state index contributed by atoms with van der Waals surface area (Å²) in [5, 5.41) is 13.2. The summed E-state index contributed by atoms with van der Waals surface area (Å²) in [7, 11) is 1.86. The molecule has 0 spiro atoms. The molecule has 0 aliphatic carbocycles. The number of hydrogen-bond acceptors (Lipinski definition) is 2. The van der Waals surface area contributed by atoms with Gasteiger partial charge in [-0.25, -0.2) is 0 Å². The van der Waals surface area contributed by atoms with E-state index < -0.39 is 5.97 Å². The molecule has 4 nitrogen and oxygen atoms in total. The minimum absolute atomic E-state index is 0.134. The van der Waals surface area contributed by atoms with E-state index >= 15 is 0 Å². The highest BCUT2D eigenvalue weighted by Gasteiger charge is 2.14. The fourth-order valence-electron chi connectivity index (χ4n) is 2.11. The van der Waals surface area contributed by atoms with Gasteiger partial charge in [0, 0.05) is 24.7 Å². The van der Waals surface area contributed by atoms with Gasteiger partial charge in [0.15, 0.2) is 0 Å². The predicted octanol–water partition coefficient (Wildman–Crippen LogP) is 2.41. The van der Waals surface area contributed by atoms with Crippen LogP contribution in [0.5, 0.6) is 0 Å². The second kappa shape index (κ2) is 5.04. The molecule has 1 aromatic heterocycles. The van der Waals surface area contributed by atoms with Gasteiger partial charge < -0.3 is 5.11 Å². The van der Waals surface area contributed by atoms with Crippen molar-refractivity contribution in [2.24, 2.45) is 7.05 Å². The fourth-order valence-corrected chi connectivity index (χ4v) is 2.11. The number of benzene rings is 1. The van der Waals surface area contributed by atoms with Crippen LogP contribution < -0.4 is 0 Å². The molecular formula is C14H16N2O2. The zero-order valence-corrected chi connectivity index (χ0v) is 10.6. The second-order valence-electron chi connectivity index (χ2n) is 4.30. The largest absolute Gasteiger partial charge is 0.481 e. The van der Waals surface area contributed by atoms with Crippen LogP contribution >= 0.6 is 0 Å². The first-order chi connectivity index (χ1) is 8.59. The molecule has 1 N–H and O–H groups in total. The Bertz CT molecular complexity index is 559. The highest BCUT2D eigenvalue weighted by Crippen LogP contribution is 2.24. The lowest BCUT2D eigenvalue weighted by molar-refractivity contribution is -0.136. The second-order valence-corrected chi connectivity index (χ2v) is 4.30. The molecule has 0 aliphatic heterocycles. The number of aryl methyl sites for hydroxylation is 1. The minimum atomic E-state index is -0.781. The van der Waals surface area contributed by atoms with Crippen molar-refractivity contribution in [2.45, 2.75) is 19.8 Å². The number of carboxylic acid groups (broad SMARTS) is 1. The third-order valence-corrected chi connectivity index (χ3v) is 3.05. The average molecular weight is 244 g/mol. The maximum Gasteiger partial charge on any atom is 0.303 e. The van der Waals surface area contributed by atoms with Crippen molar-refractivity contribution in [2.75, 3.05) is 0 Å². The number of nitrogens with zero attached hydrogens (tertiary/aromatic N) is 2. The van der Waals surface area contributed by atoms with Gasteiger partial charge in [0.2, 0.25) is 0 Å². The Morgan fingerprint density at radius 3 is 2.61 bits per heavy atom. The van der Waals surface area contributed by atoms with Gasteiger partial charge in [-0.05, 0) is 12.5 Å². The van der Waals surface area contributed by atoms with Crippen LogP contribution in [0.2, 0.25) is 0 Å². The van der Waals surface area contributed by atoms with Gasteiger partial charge >= 0.3 is 5.97 Å². The minimum Gasteiger partial charge on any atom is -0.481 e. The molecule has 0 aliphatic rings. The van der Waals surface area contributed by atoms with Crippen LogP contribution in [-0.4, -0.2) is 20.9 Å². The molecule has 0 fully saturated rings. The highest BCUT2D eigenvalue weighted by atomic mass is 16.4. The van der Waals surface area contributed by atoms with Crippen molar-refractivity contribution in [3.8, 4) is 11.3 Å². The predicted molar refractivity (Wildman–Crippen MR) is 69.3 cm³/mol. The Kier molecular flexibility index (Phi) is 3.46. The summed E-state index contributed by atoms with van der Waals surface area (Å²) in [4.78, 5) is 10.6. The summed E-state index contributed by atoms with van der Waals surface area (Å²) in [6, 6.07) is 9.93. The van der Waals surface area contributed by atoms with E-state index in [9.17, 15) is 4.79 Å². The van der Waals surface area contributed by atoms with Gasteiger partial charge in [0.05, 0.1) is 12.1 Å². The first-order valence-electron chi connectivity index (χ1n) is 5.89. The summed E-state index contributed by atoms with van der Waals surface area (Å²) in [5.74, 6) is -0.781. The molecule has 0 bridgehead atoms. The molecule has 0 amide bonds. The van der Waals surface area contributed by atoms with Crippen molar-refractivity contribution in [3.05, 3.63) is 41.6 Å². The molecule has 0 saturated heterocycles. The van der Waals surface area contributed by atoms with Gasteiger partial charge in [-0.15, -0.1) is 0 Å². The monoisotopic (exact) mass is 244 g/mol. The standard InChI is InChI=1S/C14H16N2O2/c1-10-12(8-9-13(17)18)16(2)15-14(10)11-6-4-3-5-7-11/h3-7H,8-9H2,1-2H3,(H,17,18). The van der Waals surface area contributed by atoms with Gasteiger partial charge in [-0.3, -0.25) is 9.48 Å². The van der Waals surface area contributed by atoms with Crippen LogP contribution in [0.25, 0.3) is 11.3 Å². The molecular weight excluding hydrogens is 228 g/mol. The molecule has 4 heteroatoms.